The van der Waals surface area contributed by atoms with Gasteiger partial charge in [0.15, 0.2) is 0 Å². The van der Waals surface area contributed by atoms with Crippen LogP contribution >= 0.6 is 0 Å². The molecule has 12 nitrogen and oxygen atoms in total. The first-order valence-electron chi connectivity index (χ1n) is 25.2. The van der Waals surface area contributed by atoms with Gasteiger partial charge in [-0.05, 0) is 146 Å². The van der Waals surface area contributed by atoms with E-state index in [1.54, 1.807) is 7.11 Å². The van der Waals surface area contributed by atoms with E-state index >= 15 is 0 Å². The van der Waals surface area contributed by atoms with E-state index in [-0.39, 0.29) is 48.4 Å². The summed E-state index contributed by atoms with van der Waals surface area (Å²) in [5.41, 5.74) is 13.5. The van der Waals surface area contributed by atoms with E-state index in [2.05, 4.69) is 58.3 Å². The molecule has 380 valence electrons. The van der Waals surface area contributed by atoms with Crippen LogP contribution in [0.1, 0.15) is 153 Å². The molecule has 2 aromatic carbocycles. The second-order valence-corrected chi connectivity index (χ2v) is 18.6. The van der Waals surface area contributed by atoms with Crippen LogP contribution in [0.5, 0.6) is 23.0 Å². The molecule has 12 heteroatoms. The van der Waals surface area contributed by atoms with Crippen molar-refractivity contribution in [3.8, 4) is 23.0 Å². The fourth-order valence-corrected chi connectivity index (χ4v) is 8.92. The Morgan fingerprint density at radius 1 is 0.676 bits per heavy atom. The summed E-state index contributed by atoms with van der Waals surface area (Å²) in [6.07, 6.45) is 17.7. The summed E-state index contributed by atoms with van der Waals surface area (Å²) < 4.78 is 32.7. The summed E-state index contributed by atoms with van der Waals surface area (Å²) in [5.74, 6) is 0.938. The van der Waals surface area contributed by atoms with Crippen LogP contribution < -0.4 is 20.5 Å². The van der Waals surface area contributed by atoms with Gasteiger partial charge in [0.2, 0.25) is 0 Å². The zero-order valence-electron chi connectivity index (χ0n) is 42.7. The number of phenolic OH excluding ortho intramolecular Hbond substituents is 2. The molecule has 0 saturated heterocycles. The Balaban J connectivity index is 0.000000366. The van der Waals surface area contributed by atoms with Gasteiger partial charge in [-0.25, -0.2) is 9.59 Å². The number of hydrogen-bond acceptors (Lipinski definition) is 11. The molecule has 0 heterocycles. The van der Waals surface area contributed by atoms with Crippen molar-refractivity contribution in [2.75, 3.05) is 66.4 Å². The molecule has 0 aliphatic heterocycles. The van der Waals surface area contributed by atoms with Crippen LogP contribution in [0, 0.1) is 11.8 Å². The number of allylic oxidation sites excluding steroid dienone is 6. The van der Waals surface area contributed by atoms with Crippen molar-refractivity contribution in [1.82, 2.24) is 5.32 Å². The predicted octanol–water partition coefficient (Wildman–Crippen LogP) is 11.7. The normalized spacial score (nSPS) is 17.9. The number of unbranched alkanes of at least 4 members (excludes halogenated alkanes) is 5. The maximum atomic E-state index is 12.7. The van der Waals surface area contributed by atoms with Gasteiger partial charge in [-0.3, -0.25) is 0 Å². The molecule has 4 atom stereocenters. The zero-order chi connectivity index (χ0) is 49.8. The van der Waals surface area contributed by atoms with Gasteiger partial charge in [-0.15, -0.1) is 0 Å². The number of nitrogens with one attached hydrogen (secondary N) is 1. The number of amides is 1. The SMILES string of the molecule is C=C(C)C1CCC(C)=CC1c1c(O)cc(CCCCC)cc1OC(=O)COCCOCCOCCOC.C=C(C)C1CCC(C)=CC1c1c(O)cc(CCCCC)cc1OC(=O)NCCCCN. The number of esters is 1. The van der Waals surface area contributed by atoms with Crippen molar-refractivity contribution in [3.05, 3.63) is 94.1 Å². The Morgan fingerprint density at radius 3 is 1.60 bits per heavy atom. The number of aryl methyl sites for hydroxylation is 2. The molecule has 68 heavy (non-hydrogen) atoms. The summed E-state index contributed by atoms with van der Waals surface area (Å²) in [6, 6.07) is 7.49. The fourth-order valence-electron chi connectivity index (χ4n) is 8.92. The van der Waals surface area contributed by atoms with Crippen LogP contribution in [-0.4, -0.2) is 88.7 Å². The van der Waals surface area contributed by atoms with Gasteiger partial charge in [0.25, 0.3) is 0 Å². The number of ether oxygens (including phenoxy) is 6. The smallest absolute Gasteiger partial charge is 0.412 e. The molecular weight excluding hydrogens is 861 g/mol. The van der Waals surface area contributed by atoms with Crippen LogP contribution in [-0.2, 0) is 36.6 Å². The van der Waals surface area contributed by atoms with E-state index in [1.807, 2.05) is 38.1 Å². The molecule has 4 unspecified atom stereocenters. The Labute approximate surface area is 408 Å². The highest BCUT2D eigenvalue weighted by Crippen LogP contribution is 2.48. The van der Waals surface area contributed by atoms with Crippen LogP contribution in [0.15, 0.2) is 71.9 Å². The Bertz CT molecular complexity index is 1940. The average molecular weight is 947 g/mol. The monoisotopic (exact) mass is 947 g/mol. The molecule has 0 aromatic heterocycles. The molecule has 5 N–H and O–H groups in total. The second-order valence-electron chi connectivity index (χ2n) is 18.6. The quantitative estimate of drug-likeness (QED) is 0.0265. The summed E-state index contributed by atoms with van der Waals surface area (Å²) in [5, 5.41) is 25.0. The van der Waals surface area contributed by atoms with Crippen LogP contribution in [0.2, 0.25) is 0 Å². The molecule has 4 rings (SSSR count). The van der Waals surface area contributed by atoms with Crippen molar-refractivity contribution in [1.29, 1.82) is 0 Å². The molecule has 0 saturated carbocycles. The molecule has 0 fully saturated rings. The van der Waals surface area contributed by atoms with Crippen LogP contribution in [0.3, 0.4) is 0 Å². The third-order valence-electron chi connectivity index (χ3n) is 12.6. The summed E-state index contributed by atoms with van der Waals surface area (Å²) in [7, 11) is 1.63. The molecular formula is C56H86N2O10. The highest BCUT2D eigenvalue weighted by atomic mass is 16.6. The van der Waals surface area contributed by atoms with Gasteiger partial charge in [0.1, 0.15) is 29.6 Å². The van der Waals surface area contributed by atoms with Crippen molar-refractivity contribution >= 4 is 12.1 Å². The number of methoxy groups -OCH3 is 1. The van der Waals surface area contributed by atoms with E-state index in [1.165, 1.54) is 11.1 Å². The molecule has 0 radical (unpaired) electrons. The number of phenols is 2. The minimum atomic E-state index is -0.502. The summed E-state index contributed by atoms with van der Waals surface area (Å²) in [4.78, 5) is 25.2. The first-order chi connectivity index (χ1) is 32.7. The lowest BCUT2D eigenvalue weighted by molar-refractivity contribution is -0.140. The number of hydrogen-bond donors (Lipinski definition) is 4. The zero-order valence-corrected chi connectivity index (χ0v) is 42.7. The van der Waals surface area contributed by atoms with Gasteiger partial charge in [0.05, 0.1) is 39.6 Å². The van der Waals surface area contributed by atoms with E-state index in [4.69, 9.17) is 34.2 Å². The van der Waals surface area contributed by atoms with Crippen molar-refractivity contribution in [2.45, 2.75) is 143 Å². The molecule has 2 aliphatic rings. The van der Waals surface area contributed by atoms with E-state index in [0.717, 1.165) is 112 Å². The van der Waals surface area contributed by atoms with Crippen LogP contribution in [0.4, 0.5) is 4.79 Å². The number of rotatable bonds is 29. The van der Waals surface area contributed by atoms with Gasteiger partial charge in [-0.1, -0.05) is 87.1 Å². The molecule has 0 spiro atoms. The molecule has 2 aliphatic carbocycles. The summed E-state index contributed by atoms with van der Waals surface area (Å²) >= 11 is 0. The van der Waals surface area contributed by atoms with Gasteiger partial charge < -0.3 is 49.7 Å². The lowest BCUT2D eigenvalue weighted by atomic mass is 9.73. The average Bonchev–Trinajstić information content (AvgIpc) is 3.28. The number of benzene rings is 2. The minimum Gasteiger partial charge on any atom is -0.507 e. The van der Waals surface area contributed by atoms with Gasteiger partial charge in [0, 0.05) is 36.6 Å². The first-order valence-corrected chi connectivity index (χ1v) is 25.2. The standard InChI is InChI=1S/C30H46O7.C26H40N2O3/c1-6-7-8-9-24-19-27(31)30(26-18-23(4)10-11-25(26)22(2)3)28(20-24)37-29(32)21-36-17-16-35-15-14-34-13-12-33-5;1-5-6-7-10-20-16-23(29)25(22-15-19(4)11-12-21(22)18(2)3)24(17-20)31-26(30)28-14-9-8-13-27/h18-20,25-26,31H,2,6-17,21H2,1,3-5H3;15-17,21-22,29H,2,5-14,27H2,1,3-4H3,(H,28,30). The number of aromatic hydroxyl groups is 2. The lowest BCUT2D eigenvalue weighted by Gasteiger charge is -2.32. The van der Waals surface area contributed by atoms with E-state index in [0.29, 0.717) is 68.7 Å². The van der Waals surface area contributed by atoms with Gasteiger partial charge in [-0.2, -0.15) is 0 Å². The third-order valence-corrected chi connectivity index (χ3v) is 12.6. The Morgan fingerprint density at radius 2 is 1.15 bits per heavy atom. The lowest BCUT2D eigenvalue weighted by Crippen LogP contribution is -2.29. The van der Waals surface area contributed by atoms with Crippen LogP contribution in [0.25, 0.3) is 0 Å². The molecule has 0 bridgehead atoms. The highest BCUT2D eigenvalue weighted by Gasteiger charge is 2.33. The largest absolute Gasteiger partial charge is 0.507 e. The van der Waals surface area contributed by atoms with E-state index < -0.39 is 12.1 Å². The number of carbonyl (C=O) groups is 2. The fraction of sp³-hybridized carbons (Fsp3) is 0.607. The number of carbonyl (C=O) groups excluding carboxylic acids is 2. The topological polar surface area (TPSA) is 168 Å². The highest BCUT2D eigenvalue weighted by molar-refractivity contribution is 5.75. The number of nitrogens with two attached hydrogens (primary N) is 1. The first kappa shape index (κ1) is 57.9. The maximum absolute atomic E-state index is 12.7. The van der Waals surface area contributed by atoms with Crippen molar-refractivity contribution in [2.24, 2.45) is 17.6 Å². The predicted molar refractivity (Wildman–Crippen MR) is 273 cm³/mol. The second kappa shape index (κ2) is 32.4. The minimum absolute atomic E-state index is 0.0593. The van der Waals surface area contributed by atoms with Crippen molar-refractivity contribution < 1.29 is 48.2 Å². The third kappa shape index (κ3) is 20.2. The van der Waals surface area contributed by atoms with E-state index in [9.17, 15) is 19.8 Å². The van der Waals surface area contributed by atoms with Crippen molar-refractivity contribution in [3.63, 3.8) is 0 Å². The molecule has 2 aromatic rings. The molecule has 1 amide bonds. The summed E-state index contributed by atoms with van der Waals surface area (Å²) in [6.45, 7) is 24.5. The Hall–Kier alpha value is -4.46. The van der Waals surface area contributed by atoms with Gasteiger partial charge >= 0.3 is 12.1 Å². The maximum Gasteiger partial charge on any atom is 0.412 e. The Kier molecular flexibility index (Phi) is 27.5.